The van der Waals surface area contributed by atoms with Crippen molar-refractivity contribution in [3.05, 3.63) is 29.3 Å². The molecule has 0 fully saturated rings. The predicted molar refractivity (Wildman–Crippen MR) is 70.0 cm³/mol. The molecule has 0 aliphatic heterocycles. The Morgan fingerprint density at radius 2 is 1.94 bits per heavy atom. The van der Waals surface area contributed by atoms with Crippen LogP contribution in [0.25, 0.3) is 11.3 Å². The summed E-state index contributed by atoms with van der Waals surface area (Å²) in [6, 6.07) is 7.00. The van der Waals surface area contributed by atoms with E-state index in [1.165, 1.54) is 7.11 Å². The second-order valence-electron chi connectivity index (χ2n) is 3.47. The molecule has 0 amide bonds. The van der Waals surface area contributed by atoms with E-state index in [2.05, 4.69) is 9.97 Å². The highest BCUT2D eigenvalue weighted by molar-refractivity contribution is 6.33. The summed E-state index contributed by atoms with van der Waals surface area (Å²) in [6.07, 6.45) is 0. The highest BCUT2D eigenvalue weighted by atomic mass is 35.5. The van der Waals surface area contributed by atoms with Gasteiger partial charge in [-0.2, -0.15) is 4.98 Å². The van der Waals surface area contributed by atoms with Gasteiger partial charge in [0.05, 0.1) is 30.5 Å². The normalized spacial score (nSPS) is 10.2. The summed E-state index contributed by atoms with van der Waals surface area (Å²) in [5.74, 6) is 1.11. The molecule has 2 N–H and O–H groups in total. The molecule has 0 aliphatic carbocycles. The molecule has 1 aromatic carbocycles. The Hall–Kier alpha value is -2.01. The van der Waals surface area contributed by atoms with Crippen LogP contribution in [0.3, 0.4) is 0 Å². The molecule has 2 rings (SSSR count). The number of halogens is 1. The lowest BCUT2D eigenvalue weighted by Crippen LogP contribution is -2.00. The van der Waals surface area contributed by atoms with E-state index in [1.54, 1.807) is 31.4 Å². The third kappa shape index (κ3) is 2.31. The Kier molecular flexibility index (Phi) is 3.53. The Morgan fingerprint density at radius 1 is 1.17 bits per heavy atom. The average molecular weight is 266 g/mol. The zero-order valence-electron chi connectivity index (χ0n) is 9.98. The van der Waals surface area contributed by atoms with Crippen LogP contribution in [-0.4, -0.2) is 24.2 Å². The Bertz CT molecular complexity index is 575. The van der Waals surface area contributed by atoms with Crippen molar-refractivity contribution in [2.75, 3.05) is 20.0 Å². The standard InChI is InChI=1S/C12H12ClN3O2/c1-17-9-5-3-4-7(13)11(9)8-6-10(18-2)16-12(14)15-8/h3-6H,1-2H3,(H2,14,15,16). The van der Waals surface area contributed by atoms with Crippen molar-refractivity contribution < 1.29 is 9.47 Å². The fourth-order valence-electron chi connectivity index (χ4n) is 1.60. The summed E-state index contributed by atoms with van der Waals surface area (Å²) >= 11 is 6.17. The molecule has 6 heteroatoms. The van der Waals surface area contributed by atoms with Crippen LogP contribution in [0.2, 0.25) is 5.02 Å². The van der Waals surface area contributed by atoms with Crippen LogP contribution in [0.1, 0.15) is 0 Å². The molecule has 94 valence electrons. The number of hydrogen-bond donors (Lipinski definition) is 1. The van der Waals surface area contributed by atoms with Gasteiger partial charge in [0.1, 0.15) is 5.75 Å². The first kappa shape index (κ1) is 12.4. The second kappa shape index (κ2) is 5.10. The van der Waals surface area contributed by atoms with Crippen LogP contribution in [0, 0.1) is 0 Å². The van der Waals surface area contributed by atoms with E-state index in [4.69, 9.17) is 26.8 Å². The van der Waals surface area contributed by atoms with Crippen molar-refractivity contribution >= 4 is 17.5 Å². The lowest BCUT2D eigenvalue weighted by molar-refractivity contribution is 0.397. The number of hydrogen-bond acceptors (Lipinski definition) is 5. The number of ether oxygens (including phenoxy) is 2. The van der Waals surface area contributed by atoms with Crippen LogP contribution >= 0.6 is 11.6 Å². The number of rotatable bonds is 3. The van der Waals surface area contributed by atoms with Crippen molar-refractivity contribution in [2.45, 2.75) is 0 Å². The first-order valence-corrected chi connectivity index (χ1v) is 5.55. The van der Waals surface area contributed by atoms with Gasteiger partial charge in [0, 0.05) is 6.07 Å². The maximum atomic E-state index is 6.17. The van der Waals surface area contributed by atoms with Crippen molar-refractivity contribution in [3.63, 3.8) is 0 Å². The number of nitrogens with two attached hydrogens (primary N) is 1. The van der Waals surface area contributed by atoms with Crippen molar-refractivity contribution in [2.24, 2.45) is 0 Å². The summed E-state index contributed by atoms with van der Waals surface area (Å²) < 4.78 is 10.3. The smallest absolute Gasteiger partial charge is 0.223 e. The first-order valence-electron chi connectivity index (χ1n) is 5.17. The molecular formula is C12H12ClN3O2. The largest absolute Gasteiger partial charge is 0.496 e. The summed E-state index contributed by atoms with van der Waals surface area (Å²) in [7, 11) is 3.08. The molecule has 0 unspecified atom stereocenters. The van der Waals surface area contributed by atoms with E-state index in [-0.39, 0.29) is 5.95 Å². The van der Waals surface area contributed by atoms with E-state index in [0.717, 1.165) is 0 Å². The minimum absolute atomic E-state index is 0.117. The second-order valence-corrected chi connectivity index (χ2v) is 3.88. The topological polar surface area (TPSA) is 70.3 Å². The lowest BCUT2D eigenvalue weighted by atomic mass is 10.1. The van der Waals surface area contributed by atoms with E-state index < -0.39 is 0 Å². The Balaban J connectivity index is 2.64. The molecule has 2 aromatic rings. The molecule has 0 bridgehead atoms. The van der Waals surface area contributed by atoms with Crippen LogP contribution < -0.4 is 15.2 Å². The number of benzene rings is 1. The number of nitrogens with zero attached hydrogens (tertiary/aromatic N) is 2. The summed E-state index contributed by atoms with van der Waals surface area (Å²) in [4.78, 5) is 8.07. The van der Waals surface area contributed by atoms with Crippen molar-refractivity contribution in [3.8, 4) is 22.9 Å². The molecule has 0 aliphatic rings. The molecule has 18 heavy (non-hydrogen) atoms. The fraction of sp³-hybridized carbons (Fsp3) is 0.167. The first-order chi connectivity index (χ1) is 8.65. The summed E-state index contributed by atoms with van der Waals surface area (Å²) in [6.45, 7) is 0. The SMILES string of the molecule is COc1cc(-c2c(Cl)cccc2OC)nc(N)n1. The Labute approximate surface area is 110 Å². The monoisotopic (exact) mass is 265 g/mol. The van der Waals surface area contributed by atoms with Gasteiger partial charge in [0.2, 0.25) is 11.8 Å². The summed E-state index contributed by atoms with van der Waals surface area (Å²) in [5.41, 5.74) is 6.85. The predicted octanol–water partition coefficient (Wildman–Crippen LogP) is 2.40. The van der Waals surface area contributed by atoms with Gasteiger partial charge in [-0.3, -0.25) is 0 Å². The molecule has 0 atom stereocenters. The Morgan fingerprint density at radius 3 is 2.61 bits per heavy atom. The van der Waals surface area contributed by atoms with Crippen molar-refractivity contribution in [1.82, 2.24) is 9.97 Å². The van der Waals surface area contributed by atoms with Crippen LogP contribution in [0.4, 0.5) is 5.95 Å². The van der Waals surface area contributed by atoms with E-state index in [0.29, 0.717) is 27.9 Å². The van der Waals surface area contributed by atoms with E-state index in [1.807, 2.05) is 0 Å². The molecule has 0 radical (unpaired) electrons. The van der Waals surface area contributed by atoms with Gasteiger partial charge in [-0.1, -0.05) is 17.7 Å². The number of anilines is 1. The van der Waals surface area contributed by atoms with Gasteiger partial charge in [-0.05, 0) is 12.1 Å². The molecule has 1 heterocycles. The maximum Gasteiger partial charge on any atom is 0.223 e. The van der Waals surface area contributed by atoms with Crippen molar-refractivity contribution in [1.29, 1.82) is 0 Å². The number of methoxy groups -OCH3 is 2. The van der Waals surface area contributed by atoms with Crippen LogP contribution in [0.5, 0.6) is 11.6 Å². The average Bonchev–Trinajstić information content (AvgIpc) is 2.37. The van der Waals surface area contributed by atoms with Gasteiger partial charge in [0.15, 0.2) is 0 Å². The van der Waals surface area contributed by atoms with Gasteiger partial charge in [-0.15, -0.1) is 0 Å². The zero-order chi connectivity index (χ0) is 13.1. The molecule has 1 aromatic heterocycles. The molecule has 0 spiro atoms. The minimum atomic E-state index is 0.117. The number of nitrogen functional groups attached to an aromatic ring is 1. The minimum Gasteiger partial charge on any atom is -0.496 e. The maximum absolute atomic E-state index is 6.17. The molecule has 0 saturated carbocycles. The zero-order valence-corrected chi connectivity index (χ0v) is 10.7. The highest BCUT2D eigenvalue weighted by Gasteiger charge is 2.13. The van der Waals surface area contributed by atoms with E-state index >= 15 is 0 Å². The summed E-state index contributed by atoms with van der Waals surface area (Å²) in [5, 5.41) is 0.523. The lowest BCUT2D eigenvalue weighted by Gasteiger charge is -2.10. The molecule has 0 saturated heterocycles. The van der Waals surface area contributed by atoms with Crippen LogP contribution in [-0.2, 0) is 0 Å². The third-order valence-electron chi connectivity index (χ3n) is 2.38. The van der Waals surface area contributed by atoms with Crippen LogP contribution in [0.15, 0.2) is 24.3 Å². The quantitative estimate of drug-likeness (QED) is 0.923. The third-order valence-corrected chi connectivity index (χ3v) is 2.70. The molecule has 5 nitrogen and oxygen atoms in total. The number of aromatic nitrogens is 2. The fourth-order valence-corrected chi connectivity index (χ4v) is 1.86. The molecular weight excluding hydrogens is 254 g/mol. The van der Waals surface area contributed by atoms with E-state index in [9.17, 15) is 0 Å². The van der Waals surface area contributed by atoms with Gasteiger partial charge in [-0.25, -0.2) is 4.98 Å². The highest BCUT2D eigenvalue weighted by Crippen LogP contribution is 2.36. The van der Waals surface area contributed by atoms with Gasteiger partial charge < -0.3 is 15.2 Å². The van der Waals surface area contributed by atoms with Gasteiger partial charge >= 0.3 is 0 Å². The van der Waals surface area contributed by atoms with Gasteiger partial charge in [0.25, 0.3) is 0 Å².